The molecule has 0 amide bonds. The maximum Gasteiger partial charge on any atom is 1.00 e. The second-order valence-electron chi connectivity index (χ2n) is 2.51. The minimum absolute atomic E-state index is 0. The first kappa shape index (κ1) is 14.9. The lowest BCUT2D eigenvalue weighted by Gasteiger charge is -2.14. The highest BCUT2D eigenvalue weighted by Crippen LogP contribution is 2.34. The molecule has 0 radical (unpaired) electrons. The van der Waals surface area contributed by atoms with Crippen molar-refractivity contribution in [3.8, 4) is 0 Å². The number of benzene rings is 1. The molecular formula is C9H11BF6. The summed E-state index contributed by atoms with van der Waals surface area (Å²) in [6, 6.07) is 1.72. The van der Waals surface area contributed by atoms with Gasteiger partial charge < -0.3 is 0 Å². The van der Waals surface area contributed by atoms with Crippen LogP contribution in [-0.4, -0.2) is 7.85 Å². The Morgan fingerprint density at radius 1 is 0.812 bits per heavy atom. The van der Waals surface area contributed by atoms with Gasteiger partial charge in [-0.25, -0.2) is 5.46 Å². The van der Waals surface area contributed by atoms with E-state index in [0.717, 1.165) is 12.1 Å². The number of rotatable bonds is 0. The fourth-order valence-electron chi connectivity index (χ4n) is 0.799. The summed E-state index contributed by atoms with van der Waals surface area (Å²) in [5.41, 5.74) is -2.26. The van der Waals surface area contributed by atoms with Gasteiger partial charge in [-0.3, -0.25) is 0 Å². The van der Waals surface area contributed by atoms with Crippen molar-refractivity contribution < 1.29 is 27.8 Å². The first-order chi connectivity index (χ1) is 6.60. The predicted molar refractivity (Wildman–Crippen MR) is 53.9 cm³/mol. The first-order valence-electron chi connectivity index (χ1n) is 3.37. The Kier molecular flexibility index (Phi) is 4.08. The van der Waals surface area contributed by atoms with Crippen molar-refractivity contribution >= 4 is 13.3 Å². The van der Waals surface area contributed by atoms with Crippen LogP contribution in [0, 0.1) is 0 Å². The zero-order valence-electron chi connectivity index (χ0n) is 7.50. The van der Waals surface area contributed by atoms with Crippen LogP contribution < -0.4 is 5.46 Å². The summed E-state index contributed by atoms with van der Waals surface area (Å²) in [4.78, 5) is 0. The van der Waals surface area contributed by atoms with Gasteiger partial charge in [0, 0.05) is 0 Å². The molecule has 0 aliphatic heterocycles. The fourth-order valence-corrected chi connectivity index (χ4v) is 0.799. The number of halogens is 6. The largest absolute Gasteiger partial charge is 1.00 e. The van der Waals surface area contributed by atoms with Gasteiger partial charge in [-0.2, -0.15) is 26.3 Å². The van der Waals surface area contributed by atoms with E-state index >= 15 is 0 Å². The molecule has 0 bridgehead atoms. The first-order valence-corrected chi connectivity index (χ1v) is 3.37. The molecule has 0 N–H and O–H groups in total. The van der Waals surface area contributed by atoms with E-state index in [9.17, 15) is 26.3 Å². The lowest BCUT2D eigenvalue weighted by Crippen LogP contribution is -2.16. The Morgan fingerprint density at radius 2 is 1.12 bits per heavy atom. The number of alkyl halides is 6. The third kappa shape index (κ3) is 3.46. The van der Waals surface area contributed by atoms with Gasteiger partial charge in [-0.1, -0.05) is 19.6 Å². The Balaban J connectivity index is 0. The molecule has 0 nitrogen and oxygen atoms in total. The molecule has 16 heavy (non-hydrogen) atoms. The molecule has 0 aliphatic carbocycles. The van der Waals surface area contributed by atoms with Gasteiger partial charge in [0.05, 0.1) is 11.1 Å². The van der Waals surface area contributed by atoms with E-state index in [2.05, 4.69) is 0 Å². The molecule has 7 heteroatoms. The normalized spacial score (nSPS) is 12.2. The molecule has 0 heterocycles. The fraction of sp³-hybridized carbons (Fsp3) is 0.333. The molecule has 1 aromatic rings. The predicted octanol–water partition coefficient (Wildman–Crippen LogP) is 2.46. The van der Waals surface area contributed by atoms with Crippen LogP contribution in [0.1, 0.15) is 20.0 Å². The van der Waals surface area contributed by atoms with E-state index in [-0.39, 0.29) is 20.4 Å². The number of hydrogen-bond acceptors (Lipinski definition) is 0. The topological polar surface area (TPSA) is 0 Å². The highest BCUT2D eigenvalue weighted by Gasteiger charge is 2.35. The summed E-state index contributed by atoms with van der Waals surface area (Å²) in [6.45, 7) is 0. The molecular weight excluding hydrogens is 233 g/mol. The van der Waals surface area contributed by atoms with Crippen molar-refractivity contribution in [1.82, 2.24) is 0 Å². The molecule has 0 saturated heterocycles. The van der Waals surface area contributed by atoms with E-state index in [4.69, 9.17) is 0 Å². The van der Waals surface area contributed by atoms with Crippen LogP contribution in [0.2, 0.25) is 0 Å². The van der Waals surface area contributed by atoms with Gasteiger partial charge >= 0.3 is 13.8 Å². The van der Waals surface area contributed by atoms with Crippen LogP contribution >= 0.6 is 0 Å². The van der Waals surface area contributed by atoms with Gasteiger partial charge in [-0.15, -0.1) is 0 Å². The maximum absolute atomic E-state index is 12.2. The molecule has 1 aromatic carbocycles. The molecule has 1 rings (SSSR count). The van der Waals surface area contributed by atoms with E-state index < -0.39 is 31.3 Å². The Bertz CT molecular complexity index is 338. The molecule has 0 atom stereocenters. The third-order valence-corrected chi connectivity index (χ3v) is 1.44. The highest BCUT2D eigenvalue weighted by molar-refractivity contribution is 6.32. The average molecular weight is 244 g/mol. The second-order valence-corrected chi connectivity index (χ2v) is 2.51. The van der Waals surface area contributed by atoms with Gasteiger partial charge in [0.25, 0.3) is 0 Å². The van der Waals surface area contributed by atoms with Gasteiger partial charge in [0.15, 0.2) is 0 Å². The SMILES string of the molecule is C.[BH3-]c1cc(C(F)(F)F)cc(C(F)(F)F)c1.[H+]. The third-order valence-electron chi connectivity index (χ3n) is 1.44. The minimum Gasteiger partial charge on any atom is -0.220 e. The minimum atomic E-state index is -4.72. The van der Waals surface area contributed by atoms with Gasteiger partial charge in [-0.05, 0) is 13.9 Å². The Hall–Kier alpha value is -1.14. The van der Waals surface area contributed by atoms with Crippen molar-refractivity contribution in [1.29, 1.82) is 0 Å². The zero-order valence-corrected chi connectivity index (χ0v) is 6.50. The van der Waals surface area contributed by atoms with E-state index in [1.807, 2.05) is 0 Å². The van der Waals surface area contributed by atoms with Crippen LogP contribution in [0.5, 0.6) is 0 Å². The molecule has 0 aromatic heterocycles. The lowest BCUT2D eigenvalue weighted by molar-refractivity contribution is -0.142. The Morgan fingerprint density at radius 3 is 1.38 bits per heavy atom. The second kappa shape index (κ2) is 4.39. The molecule has 0 saturated carbocycles. The standard InChI is InChI=1S/C8H6BF6.CH4/c9-6-2-4(7(10,11)12)1-5(3-6)8(13,14)15;/h1-3H,9H3;1H4/q-1;/p+1. The van der Waals surface area contributed by atoms with Crippen molar-refractivity contribution in [2.45, 2.75) is 19.8 Å². The maximum atomic E-state index is 12.2. The lowest BCUT2D eigenvalue weighted by atomic mass is 9.91. The molecule has 0 aliphatic rings. The van der Waals surface area contributed by atoms with Crippen molar-refractivity contribution in [2.75, 3.05) is 0 Å². The van der Waals surface area contributed by atoms with Crippen LogP contribution in [0.3, 0.4) is 0 Å². The summed E-state index contributed by atoms with van der Waals surface area (Å²) < 4.78 is 73.2. The number of hydrogen-bond donors (Lipinski definition) is 0. The summed E-state index contributed by atoms with van der Waals surface area (Å²) in [5, 5.41) is 0. The zero-order chi connectivity index (χ0) is 11.9. The van der Waals surface area contributed by atoms with Gasteiger partial charge in [0.1, 0.15) is 0 Å². The summed E-state index contributed by atoms with van der Waals surface area (Å²) in [7, 11) is -0.699. The van der Waals surface area contributed by atoms with Crippen molar-refractivity contribution in [3.63, 3.8) is 0 Å². The average Bonchev–Trinajstić information content (AvgIpc) is 1.99. The molecule has 0 unspecified atom stereocenters. The van der Waals surface area contributed by atoms with Crippen LogP contribution in [0.4, 0.5) is 26.3 Å². The van der Waals surface area contributed by atoms with Crippen molar-refractivity contribution in [2.24, 2.45) is 0 Å². The van der Waals surface area contributed by atoms with Crippen LogP contribution in [-0.2, 0) is 12.4 Å². The van der Waals surface area contributed by atoms with E-state index in [0.29, 0.717) is 0 Å². The Labute approximate surface area is 91.2 Å². The van der Waals surface area contributed by atoms with Crippen LogP contribution in [0.15, 0.2) is 18.2 Å². The van der Waals surface area contributed by atoms with Gasteiger partial charge in [0.2, 0.25) is 0 Å². The summed E-state index contributed by atoms with van der Waals surface area (Å²) in [6.07, 6.45) is -9.44. The molecule has 0 fully saturated rings. The smallest absolute Gasteiger partial charge is 0.220 e. The van der Waals surface area contributed by atoms with E-state index in [1.165, 1.54) is 0 Å². The highest BCUT2D eigenvalue weighted by atomic mass is 19.4. The summed E-state index contributed by atoms with van der Waals surface area (Å²) >= 11 is 0. The molecule has 0 spiro atoms. The monoisotopic (exact) mass is 244 g/mol. The van der Waals surface area contributed by atoms with E-state index in [1.54, 1.807) is 0 Å². The quantitative estimate of drug-likeness (QED) is 0.485. The van der Waals surface area contributed by atoms with Crippen LogP contribution in [0.25, 0.3) is 0 Å². The van der Waals surface area contributed by atoms with Crippen molar-refractivity contribution in [3.05, 3.63) is 29.3 Å². The molecule has 92 valence electrons. The summed E-state index contributed by atoms with van der Waals surface area (Å²) in [5.74, 6) is 0.